The molecule has 0 spiro atoms. The smallest absolute Gasteiger partial charge is 0.0541 e. The highest BCUT2D eigenvalue weighted by Gasteiger charge is 2.11. The summed E-state index contributed by atoms with van der Waals surface area (Å²) in [6.45, 7) is 0. The minimum atomic E-state index is 0.983. The van der Waals surface area contributed by atoms with Crippen LogP contribution in [0.4, 0.5) is 0 Å². The highest BCUT2D eigenvalue weighted by atomic mass is 15.0. The fraction of sp³-hybridized carbons (Fsp3) is 0.0400. The molecule has 1 nitrogen and oxygen atoms in total. The second-order valence-corrected chi connectivity index (χ2v) is 6.60. The summed E-state index contributed by atoms with van der Waals surface area (Å²) in [5, 5.41) is 2.60. The van der Waals surface area contributed by atoms with Gasteiger partial charge < -0.3 is 4.57 Å². The van der Waals surface area contributed by atoms with Crippen molar-refractivity contribution < 1.29 is 0 Å². The van der Waals surface area contributed by atoms with E-state index in [4.69, 9.17) is 0 Å². The van der Waals surface area contributed by atoms with E-state index < -0.39 is 0 Å². The van der Waals surface area contributed by atoms with Crippen LogP contribution in [0.3, 0.4) is 0 Å². The molecule has 0 atom stereocenters. The van der Waals surface area contributed by atoms with Crippen molar-refractivity contribution in [3.63, 3.8) is 0 Å². The molecule has 0 aliphatic heterocycles. The zero-order valence-corrected chi connectivity index (χ0v) is 14.5. The molecule has 0 amide bonds. The second kappa shape index (κ2) is 6.20. The van der Waals surface area contributed by atoms with Crippen molar-refractivity contribution in [3.8, 4) is 5.69 Å². The van der Waals surface area contributed by atoms with Crippen LogP contribution in [0, 0.1) is 0 Å². The van der Waals surface area contributed by atoms with E-state index in [1.807, 2.05) is 0 Å². The van der Waals surface area contributed by atoms with Gasteiger partial charge in [-0.05, 0) is 41.8 Å². The topological polar surface area (TPSA) is 4.93 Å². The van der Waals surface area contributed by atoms with Crippen LogP contribution in [0.1, 0.15) is 12.0 Å². The van der Waals surface area contributed by atoms with E-state index in [9.17, 15) is 0 Å². The Morgan fingerprint density at radius 2 is 1.31 bits per heavy atom. The van der Waals surface area contributed by atoms with Gasteiger partial charge in [0.1, 0.15) is 0 Å². The zero-order valence-electron chi connectivity index (χ0n) is 14.5. The number of aromatic nitrogens is 1. The summed E-state index contributed by atoms with van der Waals surface area (Å²) in [4.78, 5) is 0. The molecule has 1 aromatic heterocycles. The van der Waals surface area contributed by atoms with Gasteiger partial charge in [0, 0.05) is 16.5 Å². The van der Waals surface area contributed by atoms with Gasteiger partial charge in [0.2, 0.25) is 0 Å². The van der Waals surface area contributed by atoms with E-state index in [0.29, 0.717) is 0 Å². The van der Waals surface area contributed by atoms with Gasteiger partial charge in [0.05, 0.1) is 11.0 Å². The van der Waals surface area contributed by atoms with Crippen LogP contribution in [-0.2, 0) is 0 Å². The van der Waals surface area contributed by atoms with Crippen molar-refractivity contribution in [1.82, 2.24) is 4.57 Å². The standard InChI is InChI=1S/C25H19N/c1-2-4-10-19(9-3-1)20-15-17-21(18-16-20)26-24-13-7-5-11-22(24)23-12-6-8-14-25(23)26/h1-3,5-18H,4H2. The molecular weight excluding hydrogens is 314 g/mol. The molecule has 1 aliphatic rings. The van der Waals surface area contributed by atoms with Gasteiger partial charge >= 0.3 is 0 Å². The Kier molecular flexibility index (Phi) is 3.57. The number of para-hydroxylation sites is 2. The third-order valence-corrected chi connectivity index (χ3v) is 5.04. The summed E-state index contributed by atoms with van der Waals surface area (Å²) in [6.07, 6.45) is 11.8. The quantitative estimate of drug-likeness (QED) is 0.385. The molecule has 0 saturated heterocycles. The summed E-state index contributed by atoms with van der Waals surface area (Å²) in [5.74, 6) is 0. The minimum absolute atomic E-state index is 0.983. The van der Waals surface area contributed by atoms with E-state index in [1.165, 1.54) is 38.6 Å². The van der Waals surface area contributed by atoms with Gasteiger partial charge in [-0.3, -0.25) is 0 Å². The van der Waals surface area contributed by atoms with E-state index in [2.05, 4.69) is 108 Å². The van der Waals surface area contributed by atoms with Gasteiger partial charge in [-0.2, -0.15) is 0 Å². The van der Waals surface area contributed by atoms with Gasteiger partial charge in [-0.1, -0.05) is 78.9 Å². The Labute approximate surface area is 153 Å². The van der Waals surface area contributed by atoms with Crippen molar-refractivity contribution in [3.05, 3.63) is 109 Å². The van der Waals surface area contributed by atoms with Gasteiger partial charge in [0.15, 0.2) is 0 Å². The Balaban J connectivity index is 1.67. The summed E-state index contributed by atoms with van der Waals surface area (Å²) >= 11 is 0. The first-order chi connectivity index (χ1) is 12.9. The molecule has 1 heteroatoms. The number of hydrogen-bond donors (Lipinski definition) is 0. The van der Waals surface area contributed by atoms with Crippen LogP contribution in [0.5, 0.6) is 0 Å². The average molecular weight is 333 g/mol. The molecule has 0 saturated carbocycles. The molecule has 3 aromatic carbocycles. The van der Waals surface area contributed by atoms with Crippen LogP contribution >= 0.6 is 0 Å². The van der Waals surface area contributed by atoms with Crippen molar-refractivity contribution >= 4 is 27.4 Å². The molecule has 0 bridgehead atoms. The lowest BCUT2D eigenvalue weighted by atomic mass is 10.0. The third kappa shape index (κ3) is 2.41. The van der Waals surface area contributed by atoms with Crippen LogP contribution in [0.2, 0.25) is 0 Å². The van der Waals surface area contributed by atoms with Crippen molar-refractivity contribution in [2.24, 2.45) is 0 Å². The molecular formula is C25H19N. The fourth-order valence-corrected chi connectivity index (χ4v) is 3.80. The third-order valence-electron chi connectivity index (χ3n) is 5.04. The number of benzene rings is 3. The maximum absolute atomic E-state index is 2.35. The Morgan fingerprint density at radius 3 is 2.00 bits per heavy atom. The first-order valence-corrected chi connectivity index (χ1v) is 9.04. The predicted molar refractivity (Wildman–Crippen MR) is 112 cm³/mol. The van der Waals surface area contributed by atoms with Crippen LogP contribution < -0.4 is 0 Å². The molecule has 124 valence electrons. The second-order valence-electron chi connectivity index (χ2n) is 6.60. The Bertz CT molecular complexity index is 1130. The predicted octanol–water partition coefficient (Wildman–Crippen LogP) is 6.68. The van der Waals surface area contributed by atoms with Crippen LogP contribution in [-0.4, -0.2) is 4.57 Å². The monoisotopic (exact) mass is 333 g/mol. The van der Waals surface area contributed by atoms with E-state index in [-0.39, 0.29) is 0 Å². The number of nitrogens with zero attached hydrogens (tertiary/aromatic N) is 1. The van der Waals surface area contributed by atoms with Gasteiger partial charge in [-0.25, -0.2) is 0 Å². The Morgan fingerprint density at radius 1 is 0.654 bits per heavy atom. The summed E-state index contributed by atoms with van der Waals surface area (Å²) in [6, 6.07) is 26.1. The average Bonchev–Trinajstić information content (AvgIpc) is 2.84. The summed E-state index contributed by atoms with van der Waals surface area (Å²) in [7, 11) is 0. The summed E-state index contributed by atoms with van der Waals surface area (Å²) in [5.41, 5.74) is 6.24. The van der Waals surface area contributed by atoms with E-state index in [0.717, 1.165) is 6.42 Å². The van der Waals surface area contributed by atoms with Crippen LogP contribution in [0.15, 0.2) is 103 Å². The number of allylic oxidation sites excluding steroid dienone is 6. The SMILES string of the molecule is C1=CCC=C(c2ccc(-n3c4ccccc4c4ccccc43)cc2)C=C1. The number of fused-ring (bicyclic) bond motifs is 3. The van der Waals surface area contributed by atoms with E-state index >= 15 is 0 Å². The van der Waals surface area contributed by atoms with Gasteiger partial charge in [-0.15, -0.1) is 0 Å². The van der Waals surface area contributed by atoms with Crippen LogP contribution in [0.25, 0.3) is 33.1 Å². The minimum Gasteiger partial charge on any atom is -0.309 e. The lowest BCUT2D eigenvalue weighted by molar-refractivity contribution is 1.18. The lowest BCUT2D eigenvalue weighted by Gasteiger charge is -2.09. The number of hydrogen-bond acceptors (Lipinski definition) is 0. The Hall–Kier alpha value is -3.32. The van der Waals surface area contributed by atoms with Crippen molar-refractivity contribution in [1.29, 1.82) is 0 Å². The molecule has 5 rings (SSSR count). The first kappa shape index (κ1) is 15.0. The van der Waals surface area contributed by atoms with Gasteiger partial charge in [0.25, 0.3) is 0 Å². The zero-order chi connectivity index (χ0) is 17.3. The van der Waals surface area contributed by atoms with Crippen molar-refractivity contribution in [2.75, 3.05) is 0 Å². The molecule has 1 aliphatic carbocycles. The maximum Gasteiger partial charge on any atom is 0.0541 e. The molecule has 0 radical (unpaired) electrons. The molecule has 1 heterocycles. The number of rotatable bonds is 2. The normalized spacial score (nSPS) is 13.9. The molecule has 0 fully saturated rings. The fourth-order valence-electron chi connectivity index (χ4n) is 3.80. The highest BCUT2D eigenvalue weighted by Crippen LogP contribution is 2.32. The summed E-state index contributed by atoms with van der Waals surface area (Å²) < 4.78 is 2.35. The van der Waals surface area contributed by atoms with E-state index in [1.54, 1.807) is 0 Å². The molecule has 0 N–H and O–H groups in total. The highest BCUT2D eigenvalue weighted by molar-refractivity contribution is 6.09. The molecule has 26 heavy (non-hydrogen) atoms. The lowest BCUT2D eigenvalue weighted by Crippen LogP contribution is -1.94. The van der Waals surface area contributed by atoms with Crippen molar-refractivity contribution in [2.45, 2.75) is 6.42 Å². The first-order valence-electron chi connectivity index (χ1n) is 9.04. The molecule has 4 aromatic rings. The molecule has 0 unspecified atom stereocenters. The largest absolute Gasteiger partial charge is 0.309 e. The maximum atomic E-state index is 2.35.